The summed E-state index contributed by atoms with van der Waals surface area (Å²) in [7, 11) is 0. The molecule has 0 heterocycles. The average Bonchev–Trinajstić information content (AvgIpc) is 2.91. The van der Waals surface area contributed by atoms with E-state index in [4.69, 9.17) is 5.11 Å². The Morgan fingerprint density at radius 2 is 2.05 bits per heavy atom. The van der Waals surface area contributed by atoms with Gasteiger partial charge in [-0.05, 0) is 31.4 Å². The Morgan fingerprint density at radius 1 is 1.32 bits per heavy atom. The lowest BCUT2D eigenvalue weighted by molar-refractivity contribution is -0.116. The number of para-hydroxylation sites is 1. The molecule has 2 N–H and O–H groups in total. The molecular weight excluding hydrogens is 258 g/mol. The smallest absolute Gasteiger partial charge is 0.224 e. The number of aliphatic hydroxyl groups is 1. The summed E-state index contributed by atoms with van der Waals surface area (Å²) in [6.07, 6.45) is 6.09. The Hall–Kier alpha value is -1.00. The predicted octanol–water partition coefficient (Wildman–Crippen LogP) is 3.43. The van der Waals surface area contributed by atoms with Crippen molar-refractivity contribution in [2.75, 3.05) is 11.9 Å². The standard InChI is InChI=1S/C15H21NO2S/c17-11-5-10-15(18)16-13-8-3-4-9-14(13)19-12-6-1-2-7-12/h3-4,8-9,12,17H,1-2,5-7,10-11H2,(H,16,18). The molecule has 1 aromatic carbocycles. The first-order valence-corrected chi connectivity index (χ1v) is 7.84. The van der Waals surface area contributed by atoms with Gasteiger partial charge in [0.1, 0.15) is 0 Å². The molecule has 0 spiro atoms. The van der Waals surface area contributed by atoms with Gasteiger partial charge in [-0.15, -0.1) is 11.8 Å². The minimum Gasteiger partial charge on any atom is -0.396 e. The quantitative estimate of drug-likeness (QED) is 0.838. The molecule has 0 radical (unpaired) electrons. The number of aliphatic hydroxyl groups excluding tert-OH is 1. The van der Waals surface area contributed by atoms with Crippen LogP contribution in [0.25, 0.3) is 0 Å². The maximum atomic E-state index is 11.7. The molecule has 0 unspecified atom stereocenters. The van der Waals surface area contributed by atoms with Crippen molar-refractivity contribution < 1.29 is 9.90 Å². The van der Waals surface area contributed by atoms with E-state index >= 15 is 0 Å². The van der Waals surface area contributed by atoms with Crippen LogP contribution in [-0.2, 0) is 4.79 Å². The summed E-state index contributed by atoms with van der Waals surface area (Å²) in [6.45, 7) is 0.0614. The number of thioether (sulfide) groups is 1. The van der Waals surface area contributed by atoms with Gasteiger partial charge < -0.3 is 10.4 Å². The summed E-state index contributed by atoms with van der Waals surface area (Å²) < 4.78 is 0. The summed E-state index contributed by atoms with van der Waals surface area (Å²) >= 11 is 1.88. The monoisotopic (exact) mass is 279 g/mol. The molecule has 1 aromatic rings. The van der Waals surface area contributed by atoms with Crippen LogP contribution in [0.3, 0.4) is 0 Å². The van der Waals surface area contributed by atoms with Gasteiger partial charge in [-0.3, -0.25) is 4.79 Å². The minimum atomic E-state index is -0.0199. The lowest BCUT2D eigenvalue weighted by Crippen LogP contribution is -2.12. The van der Waals surface area contributed by atoms with Gasteiger partial charge in [0, 0.05) is 23.2 Å². The first kappa shape index (κ1) is 14.4. The van der Waals surface area contributed by atoms with Crippen molar-refractivity contribution in [1.29, 1.82) is 0 Å². The normalized spacial score (nSPS) is 15.6. The van der Waals surface area contributed by atoms with Crippen LogP contribution in [0.4, 0.5) is 5.69 Å². The Kier molecular flexibility index (Phi) is 5.73. The zero-order valence-electron chi connectivity index (χ0n) is 11.1. The van der Waals surface area contributed by atoms with Crippen molar-refractivity contribution in [3.63, 3.8) is 0 Å². The van der Waals surface area contributed by atoms with Crippen LogP contribution in [-0.4, -0.2) is 22.9 Å². The largest absolute Gasteiger partial charge is 0.396 e. The molecule has 19 heavy (non-hydrogen) atoms. The van der Waals surface area contributed by atoms with E-state index in [2.05, 4.69) is 11.4 Å². The van der Waals surface area contributed by atoms with E-state index < -0.39 is 0 Å². The summed E-state index contributed by atoms with van der Waals surface area (Å²) in [5, 5.41) is 12.4. The van der Waals surface area contributed by atoms with Crippen LogP contribution >= 0.6 is 11.8 Å². The van der Waals surface area contributed by atoms with Crippen LogP contribution < -0.4 is 5.32 Å². The number of hydrogen-bond acceptors (Lipinski definition) is 3. The number of hydrogen-bond donors (Lipinski definition) is 2. The highest BCUT2D eigenvalue weighted by Crippen LogP contribution is 2.37. The van der Waals surface area contributed by atoms with Crippen molar-refractivity contribution in [3.05, 3.63) is 24.3 Å². The van der Waals surface area contributed by atoms with E-state index in [0.29, 0.717) is 18.1 Å². The SMILES string of the molecule is O=C(CCCO)Nc1ccccc1SC1CCCC1. The second-order valence-corrected chi connectivity index (χ2v) is 6.24. The second-order valence-electron chi connectivity index (χ2n) is 4.90. The lowest BCUT2D eigenvalue weighted by atomic mass is 10.2. The average molecular weight is 279 g/mol. The summed E-state index contributed by atoms with van der Waals surface area (Å²) in [5.41, 5.74) is 0.905. The molecule has 2 rings (SSSR count). The van der Waals surface area contributed by atoms with E-state index in [1.807, 2.05) is 30.0 Å². The van der Waals surface area contributed by atoms with Crippen molar-refractivity contribution in [1.82, 2.24) is 0 Å². The van der Waals surface area contributed by atoms with Crippen molar-refractivity contribution in [2.24, 2.45) is 0 Å². The number of nitrogens with one attached hydrogen (secondary N) is 1. The van der Waals surface area contributed by atoms with Crippen LogP contribution in [0, 0.1) is 0 Å². The highest BCUT2D eigenvalue weighted by molar-refractivity contribution is 8.00. The van der Waals surface area contributed by atoms with Crippen molar-refractivity contribution >= 4 is 23.4 Å². The van der Waals surface area contributed by atoms with Crippen molar-refractivity contribution in [2.45, 2.75) is 48.7 Å². The molecule has 3 nitrogen and oxygen atoms in total. The fraction of sp³-hybridized carbons (Fsp3) is 0.533. The van der Waals surface area contributed by atoms with Gasteiger partial charge in [-0.1, -0.05) is 25.0 Å². The predicted molar refractivity (Wildman–Crippen MR) is 79.5 cm³/mol. The minimum absolute atomic E-state index is 0.0199. The molecular formula is C15H21NO2S. The molecule has 1 aliphatic carbocycles. The Bertz CT molecular complexity index is 416. The van der Waals surface area contributed by atoms with E-state index in [-0.39, 0.29) is 12.5 Å². The zero-order valence-corrected chi connectivity index (χ0v) is 11.9. The van der Waals surface area contributed by atoms with Crippen molar-refractivity contribution in [3.8, 4) is 0 Å². The fourth-order valence-corrected chi connectivity index (χ4v) is 3.64. The summed E-state index contributed by atoms with van der Waals surface area (Å²) in [6, 6.07) is 7.99. The van der Waals surface area contributed by atoms with Gasteiger partial charge in [0.15, 0.2) is 0 Å². The Labute approximate surface area is 118 Å². The number of benzene rings is 1. The maximum absolute atomic E-state index is 11.7. The molecule has 104 valence electrons. The number of rotatable bonds is 6. The van der Waals surface area contributed by atoms with Gasteiger partial charge in [0.25, 0.3) is 0 Å². The summed E-state index contributed by atoms with van der Waals surface area (Å²) in [4.78, 5) is 12.9. The lowest BCUT2D eigenvalue weighted by Gasteiger charge is -2.14. The molecule has 0 atom stereocenters. The Balaban J connectivity index is 1.97. The molecule has 0 bridgehead atoms. The van der Waals surface area contributed by atoms with Crippen LogP contribution in [0.15, 0.2) is 29.2 Å². The molecule has 0 aliphatic heterocycles. The summed E-state index contributed by atoms with van der Waals surface area (Å²) in [5.74, 6) is -0.0199. The van der Waals surface area contributed by atoms with E-state index in [1.165, 1.54) is 25.7 Å². The number of amides is 1. The van der Waals surface area contributed by atoms with E-state index in [0.717, 1.165) is 10.6 Å². The molecule has 1 amide bonds. The third-order valence-electron chi connectivity index (χ3n) is 3.32. The highest BCUT2D eigenvalue weighted by Gasteiger charge is 2.17. The third kappa shape index (κ3) is 4.55. The fourth-order valence-electron chi connectivity index (χ4n) is 2.31. The van der Waals surface area contributed by atoms with Crippen LogP contribution in [0.5, 0.6) is 0 Å². The van der Waals surface area contributed by atoms with Gasteiger partial charge in [0.05, 0.1) is 5.69 Å². The second kappa shape index (κ2) is 7.56. The topological polar surface area (TPSA) is 49.3 Å². The highest BCUT2D eigenvalue weighted by atomic mass is 32.2. The number of anilines is 1. The van der Waals surface area contributed by atoms with Gasteiger partial charge in [-0.2, -0.15) is 0 Å². The molecule has 1 fully saturated rings. The van der Waals surface area contributed by atoms with Crippen LogP contribution in [0.2, 0.25) is 0 Å². The number of carbonyl (C=O) groups is 1. The van der Waals surface area contributed by atoms with Gasteiger partial charge in [-0.25, -0.2) is 0 Å². The Morgan fingerprint density at radius 3 is 2.79 bits per heavy atom. The molecule has 0 saturated heterocycles. The van der Waals surface area contributed by atoms with Gasteiger partial charge in [0.2, 0.25) is 5.91 Å². The first-order chi connectivity index (χ1) is 9.29. The molecule has 4 heteroatoms. The molecule has 1 aliphatic rings. The number of carbonyl (C=O) groups excluding carboxylic acids is 1. The van der Waals surface area contributed by atoms with Crippen LogP contribution in [0.1, 0.15) is 38.5 Å². The van der Waals surface area contributed by atoms with E-state index in [1.54, 1.807) is 0 Å². The third-order valence-corrected chi connectivity index (χ3v) is 4.73. The zero-order chi connectivity index (χ0) is 13.5. The molecule has 1 saturated carbocycles. The first-order valence-electron chi connectivity index (χ1n) is 6.96. The van der Waals surface area contributed by atoms with Gasteiger partial charge >= 0.3 is 0 Å². The van der Waals surface area contributed by atoms with E-state index in [9.17, 15) is 4.79 Å². The molecule has 0 aromatic heterocycles. The maximum Gasteiger partial charge on any atom is 0.224 e.